The summed E-state index contributed by atoms with van der Waals surface area (Å²) in [5.41, 5.74) is 5.51. The molecular formula is C40H30. The second-order valence-corrected chi connectivity index (χ2v) is 11.2. The van der Waals surface area contributed by atoms with Crippen LogP contribution < -0.4 is 10.4 Å². The van der Waals surface area contributed by atoms with E-state index in [-0.39, 0.29) is 0 Å². The van der Waals surface area contributed by atoms with E-state index in [0.717, 1.165) is 12.8 Å². The predicted molar refractivity (Wildman–Crippen MR) is 172 cm³/mol. The molecule has 8 rings (SSSR count). The van der Waals surface area contributed by atoms with E-state index in [2.05, 4.69) is 146 Å². The normalized spacial score (nSPS) is 18.2. The number of hydrogen-bond donors (Lipinski definition) is 0. The Morgan fingerprint density at radius 1 is 0.500 bits per heavy atom. The van der Waals surface area contributed by atoms with Crippen LogP contribution >= 0.6 is 0 Å². The van der Waals surface area contributed by atoms with Gasteiger partial charge in [0.2, 0.25) is 0 Å². The summed E-state index contributed by atoms with van der Waals surface area (Å²) in [7, 11) is 0. The molecular weight excluding hydrogens is 480 g/mol. The largest absolute Gasteiger partial charge is 0.0839 e. The molecule has 190 valence electrons. The SMILES string of the molecule is C1=CC[C@@H]([C@H]2C=c3ccccc3=C(c3c4ccccc4c(-c4cccc5ccccc45)c4ccccc34)C2)C=C1. The van der Waals surface area contributed by atoms with Crippen molar-refractivity contribution >= 4 is 44.0 Å². The lowest BCUT2D eigenvalue weighted by atomic mass is 9.76. The molecule has 0 heterocycles. The maximum Gasteiger partial charge on any atom is -0.00201 e. The van der Waals surface area contributed by atoms with Gasteiger partial charge in [-0.3, -0.25) is 0 Å². The Hall–Kier alpha value is -4.68. The highest BCUT2D eigenvalue weighted by atomic mass is 14.3. The van der Waals surface area contributed by atoms with Crippen LogP contribution in [0.25, 0.3) is 55.1 Å². The summed E-state index contributed by atoms with van der Waals surface area (Å²) in [6, 6.07) is 42.7. The van der Waals surface area contributed by atoms with E-state index in [1.54, 1.807) is 0 Å². The first-order chi connectivity index (χ1) is 19.9. The minimum absolute atomic E-state index is 0.473. The number of benzene rings is 6. The molecule has 0 amide bonds. The molecule has 0 radical (unpaired) electrons. The predicted octanol–water partition coefficient (Wildman–Crippen LogP) is 8.94. The van der Waals surface area contributed by atoms with Crippen LogP contribution in [0.2, 0.25) is 0 Å². The van der Waals surface area contributed by atoms with Gasteiger partial charge in [-0.15, -0.1) is 0 Å². The lowest BCUT2D eigenvalue weighted by Crippen LogP contribution is -2.34. The summed E-state index contributed by atoms with van der Waals surface area (Å²) in [6.45, 7) is 0. The molecule has 0 saturated heterocycles. The van der Waals surface area contributed by atoms with Gasteiger partial charge in [0.1, 0.15) is 0 Å². The van der Waals surface area contributed by atoms with Gasteiger partial charge in [-0.2, -0.15) is 0 Å². The molecule has 0 bridgehead atoms. The smallest absolute Gasteiger partial charge is 0.00201 e. The fourth-order valence-corrected chi connectivity index (χ4v) is 7.17. The van der Waals surface area contributed by atoms with E-state index < -0.39 is 0 Å². The Bertz CT molecular complexity index is 2060. The molecule has 0 nitrogen and oxygen atoms in total. The molecule has 40 heavy (non-hydrogen) atoms. The van der Waals surface area contributed by atoms with Crippen LogP contribution in [0.1, 0.15) is 18.4 Å². The van der Waals surface area contributed by atoms with E-state index in [1.807, 2.05) is 0 Å². The van der Waals surface area contributed by atoms with Crippen molar-refractivity contribution in [2.24, 2.45) is 11.8 Å². The third kappa shape index (κ3) is 3.67. The van der Waals surface area contributed by atoms with E-state index in [1.165, 1.54) is 65.0 Å². The van der Waals surface area contributed by atoms with Crippen LogP contribution in [0, 0.1) is 11.8 Å². The molecule has 6 aromatic rings. The number of fused-ring (bicyclic) bond motifs is 4. The van der Waals surface area contributed by atoms with Crippen LogP contribution in [-0.4, -0.2) is 0 Å². The van der Waals surface area contributed by atoms with Crippen molar-refractivity contribution in [3.05, 3.63) is 156 Å². The number of hydrogen-bond acceptors (Lipinski definition) is 0. The third-order valence-corrected chi connectivity index (χ3v) is 8.98. The van der Waals surface area contributed by atoms with E-state index >= 15 is 0 Å². The number of allylic oxidation sites excluding steroid dienone is 4. The Kier molecular flexibility index (Phi) is 5.52. The molecule has 0 aliphatic heterocycles. The lowest BCUT2D eigenvalue weighted by Gasteiger charge is -2.28. The molecule has 2 aliphatic rings. The number of rotatable bonds is 3. The minimum Gasteiger partial charge on any atom is -0.0839 e. The monoisotopic (exact) mass is 510 g/mol. The Morgan fingerprint density at radius 3 is 1.85 bits per heavy atom. The summed E-state index contributed by atoms with van der Waals surface area (Å²) in [5.74, 6) is 1.00. The fourth-order valence-electron chi connectivity index (χ4n) is 7.17. The van der Waals surface area contributed by atoms with Gasteiger partial charge in [-0.25, -0.2) is 0 Å². The quantitative estimate of drug-likeness (QED) is 0.209. The summed E-state index contributed by atoms with van der Waals surface area (Å²) in [4.78, 5) is 0. The zero-order valence-corrected chi connectivity index (χ0v) is 22.4. The average Bonchev–Trinajstić information content (AvgIpc) is 3.03. The first-order valence-corrected chi connectivity index (χ1v) is 14.4. The van der Waals surface area contributed by atoms with Gasteiger partial charge in [-0.05, 0) is 89.7 Å². The van der Waals surface area contributed by atoms with Gasteiger partial charge in [0.25, 0.3) is 0 Å². The van der Waals surface area contributed by atoms with Gasteiger partial charge in [-0.1, -0.05) is 146 Å². The highest BCUT2D eigenvalue weighted by Gasteiger charge is 2.25. The van der Waals surface area contributed by atoms with Crippen molar-refractivity contribution in [1.29, 1.82) is 0 Å². The molecule has 2 atom stereocenters. The molecule has 0 spiro atoms. The van der Waals surface area contributed by atoms with Crippen molar-refractivity contribution in [3.63, 3.8) is 0 Å². The second-order valence-electron chi connectivity index (χ2n) is 11.2. The zero-order chi connectivity index (χ0) is 26.5. The van der Waals surface area contributed by atoms with Crippen LogP contribution in [0.5, 0.6) is 0 Å². The van der Waals surface area contributed by atoms with Crippen LogP contribution in [-0.2, 0) is 0 Å². The standard InChI is InChI=1S/C40H30/c1-2-13-27(14-3-1)30-25-29-16-5-7-19-32(29)38(26-30)40-36-22-10-8-20-34(36)39(35-21-9-11-23-37(35)40)33-24-12-17-28-15-4-6-18-31(28)33/h1-13,15-25,27,30H,14,26H2/t27-,30-/m0/s1. The van der Waals surface area contributed by atoms with E-state index in [0.29, 0.717) is 11.8 Å². The molecule has 0 unspecified atom stereocenters. The molecule has 6 aromatic carbocycles. The maximum atomic E-state index is 2.53. The minimum atomic E-state index is 0.473. The Balaban J connectivity index is 1.48. The summed E-state index contributed by atoms with van der Waals surface area (Å²) >= 11 is 0. The van der Waals surface area contributed by atoms with Gasteiger partial charge >= 0.3 is 0 Å². The van der Waals surface area contributed by atoms with Crippen molar-refractivity contribution in [1.82, 2.24) is 0 Å². The maximum absolute atomic E-state index is 2.53. The molecule has 0 N–H and O–H groups in total. The second kappa shape index (κ2) is 9.50. The van der Waals surface area contributed by atoms with Gasteiger partial charge in [0, 0.05) is 0 Å². The van der Waals surface area contributed by atoms with Gasteiger partial charge < -0.3 is 0 Å². The first-order valence-electron chi connectivity index (χ1n) is 14.4. The van der Waals surface area contributed by atoms with Crippen LogP contribution in [0.4, 0.5) is 0 Å². The van der Waals surface area contributed by atoms with Gasteiger partial charge in [0.05, 0.1) is 0 Å². The molecule has 0 saturated carbocycles. The van der Waals surface area contributed by atoms with Crippen molar-refractivity contribution < 1.29 is 0 Å². The zero-order valence-electron chi connectivity index (χ0n) is 22.4. The first kappa shape index (κ1) is 23.2. The van der Waals surface area contributed by atoms with E-state index in [9.17, 15) is 0 Å². The highest BCUT2D eigenvalue weighted by Crippen LogP contribution is 2.45. The molecule has 0 heteroatoms. The molecule has 0 aromatic heterocycles. The highest BCUT2D eigenvalue weighted by molar-refractivity contribution is 6.21. The van der Waals surface area contributed by atoms with Crippen LogP contribution in [0.3, 0.4) is 0 Å². The summed E-state index contributed by atoms with van der Waals surface area (Å²) < 4.78 is 0. The summed E-state index contributed by atoms with van der Waals surface area (Å²) in [6.07, 6.45) is 13.8. The summed E-state index contributed by atoms with van der Waals surface area (Å²) in [5, 5.41) is 10.7. The molecule has 2 aliphatic carbocycles. The lowest BCUT2D eigenvalue weighted by molar-refractivity contribution is 0.505. The third-order valence-electron chi connectivity index (χ3n) is 8.98. The fraction of sp³-hybridized carbons (Fsp3) is 0.100. The topological polar surface area (TPSA) is 0 Å². The van der Waals surface area contributed by atoms with Crippen molar-refractivity contribution in [2.75, 3.05) is 0 Å². The Labute approximate surface area is 234 Å². The molecule has 0 fully saturated rings. The van der Waals surface area contributed by atoms with E-state index in [4.69, 9.17) is 0 Å². The Morgan fingerprint density at radius 2 is 1.12 bits per heavy atom. The van der Waals surface area contributed by atoms with Gasteiger partial charge in [0.15, 0.2) is 0 Å². The average molecular weight is 511 g/mol. The van der Waals surface area contributed by atoms with Crippen LogP contribution in [0.15, 0.2) is 140 Å². The van der Waals surface area contributed by atoms with Crippen molar-refractivity contribution in [3.8, 4) is 11.1 Å². The van der Waals surface area contributed by atoms with Crippen molar-refractivity contribution in [2.45, 2.75) is 12.8 Å².